The smallest absolute Gasteiger partial charge is 0.394 e. The summed E-state index contributed by atoms with van der Waals surface area (Å²) in [6, 6.07) is 1.53. The molecule has 1 amide bonds. The maximum atomic E-state index is 13.0. The molecule has 0 radical (unpaired) electrons. The number of furan rings is 1. The van der Waals surface area contributed by atoms with Crippen LogP contribution in [0, 0.1) is 11.8 Å². The van der Waals surface area contributed by atoms with E-state index < -0.39 is 43.0 Å². The van der Waals surface area contributed by atoms with Crippen LogP contribution in [-0.2, 0) is 17.6 Å². The molecule has 2 heterocycles. The Hall–Kier alpha value is -1.99. The molecule has 1 aliphatic rings. The quantitative estimate of drug-likeness (QED) is 0.920. The maximum absolute atomic E-state index is 13.0. The van der Waals surface area contributed by atoms with Crippen molar-refractivity contribution in [2.24, 2.45) is 11.8 Å². The molecule has 0 bridgehead atoms. The second-order valence-corrected chi connectivity index (χ2v) is 5.57. The van der Waals surface area contributed by atoms with E-state index in [9.17, 15) is 22.8 Å². The lowest BCUT2D eigenvalue weighted by Gasteiger charge is -2.17. The van der Waals surface area contributed by atoms with Gasteiger partial charge in [0.05, 0.1) is 11.8 Å². The summed E-state index contributed by atoms with van der Waals surface area (Å²) in [4.78, 5) is 24.3. The van der Waals surface area contributed by atoms with Crippen molar-refractivity contribution in [2.75, 3.05) is 13.1 Å². The molecular formula is C15H18F3NO4. The Kier molecular flexibility index (Phi) is 4.72. The van der Waals surface area contributed by atoms with Crippen molar-refractivity contribution >= 4 is 11.9 Å². The second kappa shape index (κ2) is 6.25. The number of alkyl halides is 3. The largest absolute Gasteiger partial charge is 0.481 e. The Morgan fingerprint density at radius 2 is 1.96 bits per heavy atom. The van der Waals surface area contributed by atoms with Crippen LogP contribution in [0.4, 0.5) is 13.2 Å². The number of likely N-dealkylation sites (tertiary alicyclic amines) is 1. The average Bonchev–Trinajstić information content (AvgIpc) is 3.09. The molecule has 1 aliphatic heterocycles. The van der Waals surface area contributed by atoms with Gasteiger partial charge >= 0.3 is 12.1 Å². The Morgan fingerprint density at radius 1 is 1.30 bits per heavy atom. The van der Waals surface area contributed by atoms with Crippen LogP contribution < -0.4 is 0 Å². The van der Waals surface area contributed by atoms with Gasteiger partial charge in [-0.05, 0) is 18.1 Å². The number of hydrogen-bond donors (Lipinski definition) is 1. The molecule has 0 aliphatic carbocycles. The highest BCUT2D eigenvalue weighted by molar-refractivity contribution is 5.92. The van der Waals surface area contributed by atoms with E-state index in [1.165, 1.54) is 6.07 Å². The van der Waals surface area contributed by atoms with Crippen molar-refractivity contribution in [1.29, 1.82) is 0 Å². The van der Waals surface area contributed by atoms with E-state index in [0.717, 1.165) is 10.5 Å². The van der Waals surface area contributed by atoms with Gasteiger partial charge in [-0.2, -0.15) is 13.2 Å². The zero-order valence-corrected chi connectivity index (χ0v) is 12.8. The first-order valence-electron chi connectivity index (χ1n) is 7.39. The van der Waals surface area contributed by atoms with Crippen molar-refractivity contribution in [2.45, 2.75) is 32.9 Å². The van der Waals surface area contributed by atoms with Gasteiger partial charge in [-0.3, -0.25) is 9.59 Å². The van der Waals surface area contributed by atoms with Crippen LogP contribution >= 0.6 is 0 Å². The van der Waals surface area contributed by atoms with Gasteiger partial charge in [0.25, 0.3) is 5.91 Å². The van der Waals surface area contributed by atoms with Crippen molar-refractivity contribution in [3.8, 4) is 0 Å². The Labute approximate surface area is 131 Å². The van der Waals surface area contributed by atoms with Gasteiger partial charge in [-0.15, -0.1) is 0 Å². The number of carboxylic acids is 1. The zero-order chi connectivity index (χ0) is 17.4. The van der Waals surface area contributed by atoms with Gasteiger partial charge in [0, 0.05) is 19.5 Å². The fourth-order valence-electron chi connectivity index (χ4n) is 2.88. The normalized spacial score (nSPS) is 21.7. The number of aryl methyl sites for hydroxylation is 2. The minimum absolute atomic E-state index is 0.0364. The van der Waals surface area contributed by atoms with Gasteiger partial charge < -0.3 is 14.4 Å². The third-order valence-corrected chi connectivity index (χ3v) is 4.15. The number of carboxylic acid groups (broad SMARTS) is 1. The maximum Gasteiger partial charge on any atom is 0.394 e. The first-order valence-corrected chi connectivity index (χ1v) is 7.39. The molecule has 1 saturated heterocycles. The van der Waals surface area contributed by atoms with Gasteiger partial charge in [-0.25, -0.2) is 0 Å². The number of nitrogens with zero attached hydrogens (tertiary/aromatic N) is 1. The predicted molar refractivity (Wildman–Crippen MR) is 74.0 cm³/mol. The molecule has 2 rings (SSSR count). The van der Waals surface area contributed by atoms with Crippen LogP contribution in [0.2, 0.25) is 0 Å². The number of amides is 1. The summed E-state index contributed by atoms with van der Waals surface area (Å²) < 4.78 is 44.3. The number of hydrogen-bond acceptors (Lipinski definition) is 3. The van der Waals surface area contributed by atoms with Crippen LogP contribution in [0.3, 0.4) is 0 Å². The SMILES string of the molecule is CCc1cc(C(=O)N2C[C@@H](C(F)(F)F)[C@H](C(=O)O)C2)oc1CC. The summed E-state index contributed by atoms with van der Waals surface area (Å²) in [6.45, 7) is 2.60. The molecule has 128 valence electrons. The zero-order valence-electron chi connectivity index (χ0n) is 12.8. The lowest BCUT2D eigenvalue weighted by Crippen LogP contribution is -2.34. The highest BCUT2D eigenvalue weighted by Gasteiger charge is 2.53. The molecular weight excluding hydrogens is 315 g/mol. The molecule has 0 aromatic carbocycles. The number of carbonyl (C=O) groups is 2. The first-order chi connectivity index (χ1) is 10.7. The summed E-state index contributed by atoms with van der Waals surface area (Å²) in [5.74, 6) is -5.37. The summed E-state index contributed by atoms with van der Waals surface area (Å²) in [6.07, 6.45) is -3.45. The van der Waals surface area contributed by atoms with E-state index in [0.29, 0.717) is 18.6 Å². The highest BCUT2D eigenvalue weighted by Crippen LogP contribution is 2.38. The van der Waals surface area contributed by atoms with Crippen LogP contribution in [0.1, 0.15) is 35.7 Å². The van der Waals surface area contributed by atoms with E-state index in [-0.39, 0.29) is 5.76 Å². The average molecular weight is 333 g/mol. The summed E-state index contributed by atoms with van der Waals surface area (Å²) >= 11 is 0. The van der Waals surface area contributed by atoms with Crippen LogP contribution in [0.15, 0.2) is 10.5 Å². The summed E-state index contributed by atoms with van der Waals surface area (Å²) in [5, 5.41) is 8.98. The Balaban J connectivity index is 2.24. The fourth-order valence-corrected chi connectivity index (χ4v) is 2.88. The van der Waals surface area contributed by atoms with Crippen LogP contribution in [0.25, 0.3) is 0 Å². The molecule has 0 spiro atoms. The van der Waals surface area contributed by atoms with E-state index in [2.05, 4.69) is 0 Å². The third-order valence-electron chi connectivity index (χ3n) is 4.15. The van der Waals surface area contributed by atoms with E-state index in [4.69, 9.17) is 9.52 Å². The minimum Gasteiger partial charge on any atom is -0.481 e. The predicted octanol–water partition coefficient (Wildman–Crippen LogP) is 2.74. The topological polar surface area (TPSA) is 70.8 Å². The first kappa shape index (κ1) is 17.4. The van der Waals surface area contributed by atoms with Crippen LogP contribution in [0.5, 0.6) is 0 Å². The number of aliphatic carboxylic acids is 1. The van der Waals surface area contributed by atoms with Crippen molar-refractivity contribution < 1.29 is 32.3 Å². The van der Waals surface area contributed by atoms with Gasteiger partial charge in [0.1, 0.15) is 5.76 Å². The number of rotatable bonds is 4. The standard InChI is InChI=1S/C15H18F3NO4/c1-3-8-5-12(23-11(8)4-2)13(20)19-6-9(14(21)22)10(7-19)15(16,17)18/h5,9-10H,3-4,6-7H2,1-2H3,(H,21,22)/t9-,10-/m1/s1. The lowest BCUT2D eigenvalue weighted by molar-refractivity contribution is -0.187. The molecule has 1 aromatic heterocycles. The molecule has 0 unspecified atom stereocenters. The molecule has 0 saturated carbocycles. The number of carbonyl (C=O) groups excluding carboxylic acids is 1. The molecule has 23 heavy (non-hydrogen) atoms. The fraction of sp³-hybridized carbons (Fsp3) is 0.600. The highest BCUT2D eigenvalue weighted by atomic mass is 19.4. The Bertz CT molecular complexity index is 587. The van der Waals surface area contributed by atoms with Gasteiger partial charge in [-0.1, -0.05) is 13.8 Å². The third kappa shape index (κ3) is 3.35. The molecule has 5 nitrogen and oxygen atoms in total. The van der Waals surface area contributed by atoms with E-state index in [1.54, 1.807) is 0 Å². The van der Waals surface area contributed by atoms with E-state index >= 15 is 0 Å². The van der Waals surface area contributed by atoms with Gasteiger partial charge in [0.15, 0.2) is 5.76 Å². The van der Waals surface area contributed by atoms with Crippen molar-refractivity contribution in [3.05, 3.63) is 23.2 Å². The number of halogens is 3. The van der Waals surface area contributed by atoms with Crippen molar-refractivity contribution in [3.63, 3.8) is 0 Å². The minimum atomic E-state index is -4.66. The summed E-state index contributed by atoms with van der Waals surface area (Å²) in [7, 11) is 0. The molecule has 1 aromatic rings. The Morgan fingerprint density at radius 3 is 2.35 bits per heavy atom. The monoisotopic (exact) mass is 333 g/mol. The van der Waals surface area contributed by atoms with Crippen molar-refractivity contribution in [1.82, 2.24) is 4.90 Å². The molecule has 1 fully saturated rings. The molecule has 8 heteroatoms. The lowest BCUT2D eigenvalue weighted by atomic mass is 9.96. The molecule has 1 N–H and O–H groups in total. The second-order valence-electron chi connectivity index (χ2n) is 5.57. The van der Waals surface area contributed by atoms with Gasteiger partial charge in [0.2, 0.25) is 0 Å². The summed E-state index contributed by atoms with van der Waals surface area (Å²) in [5.41, 5.74) is 0.831. The molecule has 2 atom stereocenters. The van der Waals surface area contributed by atoms with Crippen LogP contribution in [-0.4, -0.2) is 41.1 Å². The van der Waals surface area contributed by atoms with E-state index in [1.807, 2.05) is 13.8 Å².